The summed E-state index contributed by atoms with van der Waals surface area (Å²) in [7, 11) is 0. The highest BCUT2D eigenvalue weighted by Crippen LogP contribution is 2.39. The van der Waals surface area contributed by atoms with E-state index in [9.17, 15) is 27.9 Å². The van der Waals surface area contributed by atoms with Crippen molar-refractivity contribution in [2.45, 2.75) is 44.9 Å². The van der Waals surface area contributed by atoms with Gasteiger partial charge in [-0.1, -0.05) is 6.07 Å². The minimum absolute atomic E-state index is 0.0826. The number of carbonyl (C=O) groups excluding carboxylic acids is 1. The van der Waals surface area contributed by atoms with E-state index in [-0.39, 0.29) is 5.56 Å². The number of fused-ring (bicyclic) bond motifs is 1. The summed E-state index contributed by atoms with van der Waals surface area (Å²) in [5.41, 5.74) is -0.0797. The van der Waals surface area contributed by atoms with Crippen LogP contribution in [-0.2, 0) is 12.6 Å². The second kappa shape index (κ2) is 7.26. The van der Waals surface area contributed by atoms with E-state index >= 15 is 0 Å². The SMILES string of the molecule is CC(C)N(C(=O)c1cccnc1C(F)(F)F)C1CCc2ccc(C(=O)O)cc21. The Labute approximate surface area is 159 Å². The van der Waals surface area contributed by atoms with Gasteiger partial charge in [-0.3, -0.25) is 9.78 Å². The molecule has 2 aromatic rings. The van der Waals surface area contributed by atoms with Crippen LogP contribution in [0.2, 0.25) is 0 Å². The van der Waals surface area contributed by atoms with Gasteiger partial charge in [0.25, 0.3) is 5.91 Å². The molecule has 0 saturated heterocycles. The zero-order valence-electron chi connectivity index (χ0n) is 15.3. The van der Waals surface area contributed by atoms with E-state index < -0.39 is 41.4 Å². The van der Waals surface area contributed by atoms with Crippen LogP contribution < -0.4 is 0 Å². The second-order valence-electron chi connectivity index (χ2n) is 6.98. The smallest absolute Gasteiger partial charge is 0.434 e. The van der Waals surface area contributed by atoms with Crippen molar-refractivity contribution >= 4 is 11.9 Å². The van der Waals surface area contributed by atoms with Crippen molar-refractivity contribution in [1.29, 1.82) is 0 Å². The van der Waals surface area contributed by atoms with Gasteiger partial charge in [-0.25, -0.2) is 4.79 Å². The Hall–Kier alpha value is -2.90. The highest BCUT2D eigenvalue weighted by Gasteiger charge is 2.40. The fourth-order valence-corrected chi connectivity index (χ4v) is 3.68. The van der Waals surface area contributed by atoms with Crippen molar-refractivity contribution < 1.29 is 27.9 Å². The number of amides is 1. The predicted molar refractivity (Wildman–Crippen MR) is 95.0 cm³/mol. The molecule has 0 aliphatic heterocycles. The van der Waals surface area contributed by atoms with E-state index in [0.717, 1.165) is 17.8 Å². The van der Waals surface area contributed by atoms with Crippen LogP contribution in [-0.4, -0.2) is 32.9 Å². The number of carboxylic acids is 1. The summed E-state index contributed by atoms with van der Waals surface area (Å²) in [6, 6.07) is 6.23. The summed E-state index contributed by atoms with van der Waals surface area (Å²) in [4.78, 5) is 29.2. The third-order valence-electron chi connectivity index (χ3n) is 4.87. The second-order valence-corrected chi connectivity index (χ2v) is 6.98. The molecule has 0 fully saturated rings. The Balaban J connectivity index is 2.05. The number of nitrogens with zero attached hydrogens (tertiary/aromatic N) is 2. The van der Waals surface area contributed by atoms with Gasteiger partial charge in [0.2, 0.25) is 0 Å². The van der Waals surface area contributed by atoms with Gasteiger partial charge in [0.15, 0.2) is 5.69 Å². The minimum atomic E-state index is -4.75. The number of hydrogen-bond acceptors (Lipinski definition) is 3. The van der Waals surface area contributed by atoms with Gasteiger partial charge in [-0.15, -0.1) is 0 Å². The summed E-state index contributed by atoms with van der Waals surface area (Å²) in [5.74, 6) is -1.86. The fourth-order valence-electron chi connectivity index (χ4n) is 3.68. The summed E-state index contributed by atoms with van der Waals surface area (Å²) in [5, 5.41) is 9.25. The van der Waals surface area contributed by atoms with Crippen molar-refractivity contribution in [3.05, 3.63) is 64.5 Å². The molecule has 148 valence electrons. The number of carbonyl (C=O) groups is 2. The Bertz CT molecular complexity index is 925. The van der Waals surface area contributed by atoms with Crippen LogP contribution in [0.3, 0.4) is 0 Å². The Morgan fingerprint density at radius 1 is 1.25 bits per heavy atom. The van der Waals surface area contributed by atoms with E-state index in [1.54, 1.807) is 19.9 Å². The summed E-state index contributed by atoms with van der Waals surface area (Å²) >= 11 is 0. The first-order valence-corrected chi connectivity index (χ1v) is 8.82. The van der Waals surface area contributed by atoms with Crippen LogP contribution in [0.5, 0.6) is 0 Å². The van der Waals surface area contributed by atoms with E-state index in [0.29, 0.717) is 18.4 Å². The average molecular weight is 392 g/mol. The molecule has 1 unspecified atom stereocenters. The van der Waals surface area contributed by atoms with Crippen LogP contribution in [0.25, 0.3) is 0 Å². The number of halogens is 3. The van der Waals surface area contributed by atoms with Crippen LogP contribution in [0.1, 0.15) is 63.8 Å². The maximum absolute atomic E-state index is 13.3. The van der Waals surface area contributed by atoms with Crippen molar-refractivity contribution in [3.63, 3.8) is 0 Å². The van der Waals surface area contributed by atoms with Gasteiger partial charge in [-0.05, 0) is 62.1 Å². The van der Waals surface area contributed by atoms with E-state index in [1.165, 1.54) is 23.1 Å². The summed E-state index contributed by atoms with van der Waals surface area (Å²) in [6.07, 6.45) is -2.61. The molecule has 28 heavy (non-hydrogen) atoms. The maximum Gasteiger partial charge on any atom is 0.434 e. The number of aromatic carboxylic acids is 1. The zero-order chi connectivity index (χ0) is 20.6. The van der Waals surface area contributed by atoms with Crippen molar-refractivity contribution in [2.24, 2.45) is 0 Å². The lowest BCUT2D eigenvalue weighted by Crippen LogP contribution is -2.40. The largest absolute Gasteiger partial charge is 0.478 e. The molecule has 1 N–H and O–H groups in total. The monoisotopic (exact) mass is 392 g/mol. The lowest BCUT2D eigenvalue weighted by molar-refractivity contribution is -0.141. The normalized spacial score (nSPS) is 16.1. The molecule has 0 bridgehead atoms. The number of benzene rings is 1. The van der Waals surface area contributed by atoms with Crippen LogP contribution >= 0.6 is 0 Å². The van der Waals surface area contributed by atoms with E-state index in [2.05, 4.69) is 4.98 Å². The van der Waals surface area contributed by atoms with Crippen LogP contribution in [0.4, 0.5) is 13.2 Å². The van der Waals surface area contributed by atoms with E-state index in [4.69, 9.17) is 0 Å². The Kier molecular flexibility index (Phi) is 5.14. The van der Waals surface area contributed by atoms with Gasteiger partial charge >= 0.3 is 12.1 Å². The van der Waals surface area contributed by atoms with Crippen LogP contribution in [0.15, 0.2) is 36.5 Å². The molecule has 1 aromatic heterocycles. The minimum Gasteiger partial charge on any atom is -0.478 e. The van der Waals surface area contributed by atoms with Gasteiger partial charge < -0.3 is 10.0 Å². The number of pyridine rings is 1. The maximum atomic E-state index is 13.3. The first-order chi connectivity index (χ1) is 13.1. The van der Waals surface area contributed by atoms with Gasteiger partial charge in [-0.2, -0.15) is 13.2 Å². The van der Waals surface area contributed by atoms with Crippen molar-refractivity contribution in [1.82, 2.24) is 9.88 Å². The highest BCUT2D eigenvalue weighted by molar-refractivity contribution is 5.96. The summed E-state index contributed by atoms with van der Waals surface area (Å²) in [6.45, 7) is 3.45. The number of carboxylic acid groups (broad SMARTS) is 1. The lowest BCUT2D eigenvalue weighted by Gasteiger charge is -2.34. The molecule has 1 atom stereocenters. The van der Waals surface area contributed by atoms with Gasteiger partial charge in [0.05, 0.1) is 17.2 Å². The molecule has 0 saturated carbocycles. The molecule has 8 heteroatoms. The molecule has 0 radical (unpaired) electrons. The quantitative estimate of drug-likeness (QED) is 0.841. The predicted octanol–water partition coefficient (Wildman–Crippen LogP) is 4.34. The average Bonchev–Trinajstić information content (AvgIpc) is 3.03. The molecular formula is C20H19F3N2O3. The van der Waals surface area contributed by atoms with Crippen LogP contribution in [0, 0.1) is 0 Å². The summed E-state index contributed by atoms with van der Waals surface area (Å²) < 4.78 is 40.0. The lowest BCUT2D eigenvalue weighted by atomic mass is 10.0. The molecular weight excluding hydrogens is 373 g/mol. The highest BCUT2D eigenvalue weighted by atomic mass is 19.4. The molecule has 5 nitrogen and oxygen atoms in total. The van der Waals surface area contributed by atoms with Crippen molar-refractivity contribution in [3.8, 4) is 0 Å². The molecule has 1 aliphatic carbocycles. The molecule has 1 aliphatic rings. The number of aryl methyl sites for hydroxylation is 1. The van der Waals surface area contributed by atoms with Crippen molar-refractivity contribution in [2.75, 3.05) is 0 Å². The first-order valence-electron chi connectivity index (χ1n) is 8.82. The molecule has 3 rings (SSSR count). The third kappa shape index (κ3) is 3.58. The Morgan fingerprint density at radius 2 is 1.96 bits per heavy atom. The molecule has 1 heterocycles. The first kappa shape index (κ1) is 19.9. The fraction of sp³-hybridized carbons (Fsp3) is 0.350. The zero-order valence-corrected chi connectivity index (χ0v) is 15.3. The number of aromatic nitrogens is 1. The molecule has 0 spiro atoms. The van der Waals surface area contributed by atoms with Gasteiger partial charge in [0.1, 0.15) is 0 Å². The Morgan fingerprint density at radius 3 is 2.57 bits per heavy atom. The molecule has 1 amide bonds. The third-order valence-corrected chi connectivity index (χ3v) is 4.87. The van der Waals surface area contributed by atoms with Gasteiger partial charge in [0, 0.05) is 12.2 Å². The molecule has 1 aromatic carbocycles. The number of hydrogen-bond donors (Lipinski definition) is 1. The topological polar surface area (TPSA) is 70.5 Å². The standard InChI is InChI=1S/C20H19F3N2O3/c1-11(2)25(18(26)14-4-3-9-24-17(14)20(21,22)23)16-8-7-12-5-6-13(19(27)28)10-15(12)16/h3-6,9-11,16H,7-8H2,1-2H3,(H,27,28). The van der Waals surface area contributed by atoms with E-state index in [1.807, 2.05) is 0 Å². The number of rotatable bonds is 4. The number of alkyl halides is 3.